The van der Waals surface area contributed by atoms with Crippen molar-refractivity contribution in [3.05, 3.63) is 23.4 Å². The van der Waals surface area contributed by atoms with Gasteiger partial charge >= 0.3 is 0 Å². The zero-order valence-electron chi connectivity index (χ0n) is 11.7. The van der Waals surface area contributed by atoms with Crippen LogP contribution in [0.15, 0.2) is 12.3 Å². The normalized spacial score (nSPS) is 12.9. The van der Waals surface area contributed by atoms with E-state index in [0.717, 1.165) is 17.8 Å². The lowest BCUT2D eigenvalue weighted by Crippen LogP contribution is -2.32. The fourth-order valence-corrected chi connectivity index (χ4v) is 2.18. The molecule has 0 bridgehead atoms. The molecule has 0 saturated heterocycles. The van der Waals surface area contributed by atoms with Crippen LogP contribution in [-0.2, 0) is 6.54 Å². The SMILES string of the molecule is Cc1ccnc(N(C)C(C)CC(C)C)c1CN. The first-order chi connectivity index (χ1) is 7.97. The van der Waals surface area contributed by atoms with Crippen LogP contribution in [0.2, 0.25) is 0 Å². The van der Waals surface area contributed by atoms with Gasteiger partial charge in [0.15, 0.2) is 0 Å². The highest BCUT2D eigenvalue weighted by Crippen LogP contribution is 2.23. The van der Waals surface area contributed by atoms with Crippen LogP contribution in [0.1, 0.15) is 38.3 Å². The summed E-state index contributed by atoms with van der Waals surface area (Å²) in [6.07, 6.45) is 3.03. The lowest BCUT2D eigenvalue weighted by molar-refractivity contribution is 0.501. The minimum absolute atomic E-state index is 0.481. The number of hydrogen-bond donors (Lipinski definition) is 1. The Balaban J connectivity index is 2.95. The lowest BCUT2D eigenvalue weighted by Gasteiger charge is -2.29. The van der Waals surface area contributed by atoms with E-state index in [1.165, 1.54) is 5.56 Å². The summed E-state index contributed by atoms with van der Waals surface area (Å²) in [4.78, 5) is 6.73. The van der Waals surface area contributed by atoms with E-state index in [9.17, 15) is 0 Å². The third-order valence-electron chi connectivity index (χ3n) is 3.28. The van der Waals surface area contributed by atoms with Crippen molar-refractivity contribution in [3.8, 4) is 0 Å². The Morgan fingerprint density at radius 3 is 2.53 bits per heavy atom. The van der Waals surface area contributed by atoms with E-state index in [1.807, 2.05) is 12.3 Å². The topological polar surface area (TPSA) is 42.2 Å². The van der Waals surface area contributed by atoms with Crippen molar-refractivity contribution in [2.75, 3.05) is 11.9 Å². The van der Waals surface area contributed by atoms with E-state index >= 15 is 0 Å². The number of hydrogen-bond acceptors (Lipinski definition) is 3. The van der Waals surface area contributed by atoms with Gasteiger partial charge in [0.25, 0.3) is 0 Å². The predicted octanol–water partition coefficient (Wildman–Crippen LogP) is 2.72. The zero-order chi connectivity index (χ0) is 13.0. The number of aryl methyl sites for hydroxylation is 1. The molecule has 1 aromatic rings. The fraction of sp³-hybridized carbons (Fsp3) is 0.643. The van der Waals surface area contributed by atoms with Crippen molar-refractivity contribution >= 4 is 5.82 Å². The Morgan fingerprint density at radius 1 is 1.35 bits per heavy atom. The van der Waals surface area contributed by atoms with Crippen LogP contribution < -0.4 is 10.6 Å². The summed E-state index contributed by atoms with van der Waals surface area (Å²) in [5.41, 5.74) is 8.21. The molecule has 1 atom stereocenters. The largest absolute Gasteiger partial charge is 0.357 e. The molecule has 1 aromatic heterocycles. The van der Waals surface area contributed by atoms with E-state index in [-0.39, 0.29) is 0 Å². The first-order valence-electron chi connectivity index (χ1n) is 6.34. The van der Waals surface area contributed by atoms with Gasteiger partial charge in [-0.3, -0.25) is 0 Å². The minimum Gasteiger partial charge on any atom is -0.357 e. The van der Waals surface area contributed by atoms with Crippen molar-refractivity contribution < 1.29 is 0 Å². The van der Waals surface area contributed by atoms with Gasteiger partial charge in [0.05, 0.1) is 0 Å². The summed E-state index contributed by atoms with van der Waals surface area (Å²) < 4.78 is 0. The number of nitrogens with zero attached hydrogens (tertiary/aromatic N) is 2. The summed E-state index contributed by atoms with van der Waals surface area (Å²) in [6, 6.07) is 2.50. The Hall–Kier alpha value is -1.09. The average molecular weight is 235 g/mol. The van der Waals surface area contributed by atoms with Crippen LogP contribution in [-0.4, -0.2) is 18.1 Å². The molecule has 0 spiro atoms. The Kier molecular flexibility index (Phi) is 4.94. The molecule has 0 aliphatic rings. The van der Waals surface area contributed by atoms with E-state index in [0.29, 0.717) is 18.5 Å². The first kappa shape index (κ1) is 14.0. The van der Waals surface area contributed by atoms with Crippen LogP contribution >= 0.6 is 0 Å². The molecule has 0 aromatic carbocycles. The molecule has 0 saturated carbocycles. The Bertz CT molecular complexity index is 360. The van der Waals surface area contributed by atoms with E-state index < -0.39 is 0 Å². The second kappa shape index (κ2) is 6.01. The van der Waals surface area contributed by atoms with Gasteiger partial charge in [0.2, 0.25) is 0 Å². The van der Waals surface area contributed by atoms with E-state index in [1.54, 1.807) is 0 Å². The van der Waals surface area contributed by atoms with E-state index in [2.05, 4.69) is 44.6 Å². The monoisotopic (exact) mass is 235 g/mol. The molecule has 96 valence electrons. The molecule has 3 nitrogen and oxygen atoms in total. The number of rotatable bonds is 5. The highest BCUT2D eigenvalue weighted by Gasteiger charge is 2.16. The van der Waals surface area contributed by atoms with Gasteiger partial charge in [-0.15, -0.1) is 0 Å². The van der Waals surface area contributed by atoms with Crippen LogP contribution in [0, 0.1) is 12.8 Å². The molecule has 0 fully saturated rings. The molecule has 1 rings (SSSR count). The van der Waals surface area contributed by atoms with Crippen molar-refractivity contribution in [1.82, 2.24) is 4.98 Å². The Morgan fingerprint density at radius 2 is 2.00 bits per heavy atom. The van der Waals surface area contributed by atoms with Gasteiger partial charge in [-0.25, -0.2) is 4.98 Å². The van der Waals surface area contributed by atoms with Crippen molar-refractivity contribution in [2.24, 2.45) is 11.7 Å². The van der Waals surface area contributed by atoms with Gasteiger partial charge in [-0.05, 0) is 37.8 Å². The van der Waals surface area contributed by atoms with Gasteiger partial charge in [0, 0.05) is 31.4 Å². The molecule has 3 heteroatoms. The zero-order valence-corrected chi connectivity index (χ0v) is 11.7. The standard InChI is InChI=1S/C14H25N3/c1-10(2)8-12(4)17(5)14-13(9-15)11(3)6-7-16-14/h6-7,10,12H,8-9,15H2,1-5H3. The molecule has 0 amide bonds. The molecule has 0 aliphatic heterocycles. The van der Waals surface area contributed by atoms with Gasteiger partial charge < -0.3 is 10.6 Å². The summed E-state index contributed by atoms with van der Waals surface area (Å²) in [7, 11) is 2.11. The average Bonchev–Trinajstić information content (AvgIpc) is 2.26. The molecule has 0 radical (unpaired) electrons. The lowest BCUT2D eigenvalue weighted by atomic mass is 10.0. The number of nitrogens with two attached hydrogens (primary N) is 1. The quantitative estimate of drug-likeness (QED) is 0.853. The van der Waals surface area contributed by atoms with E-state index in [4.69, 9.17) is 5.73 Å². The van der Waals surface area contributed by atoms with Gasteiger partial charge in [-0.2, -0.15) is 0 Å². The number of pyridine rings is 1. The third kappa shape index (κ3) is 3.43. The molecule has 2 N–H and O–H groups in total. The van der Waals surface area contributed by atoms with Crippen molar-refractivity contribution in [3.63, 3.8) is 0 Å². The second-order valence-corrected chi connectivity index (χ2v) is 5.22. The maximum Gasteiger partial charge on any atom is 0.133 e. The number of aromatic nitrogens is 1. The molecule has 0 aliphatic carbocycles. The molecule has 1 heterocycles. The van der Waals surface area contributed by atoms with Crippen LogP contribution in [0.4, 0.5) is 5.82 Å². The molecule has 1 unspecified atom stereocenters. The molecular weight excluding hydrogens is 210 g/mol. The van der Waals surface area contributed by atoms with Crippen LogP contribution in [0.5, 0.6) is 0 Å². The number of anilines is 1. The third-order valence-corrected chi connectivity index (χ3v) is 3.28. The fourth-order valence-electron chi connectivity index (χ4n) is 2.18. The van der Waals surface area contributed by atoms with Gasteiger partial charge in [-0.1, -0.05) is 13.8 Å². The second-order valence-electron chi connectivity index (χ2n) is 5.22. The summed E-state index contributed by atoms with van der Waals surface area (Å²) in [5.74, 6) is 1.72. The molecular formula is C14H25N3. The van der Waals surface area contributed by atoms with Crippen molar-refractivity contribution in [1.29, 1.82) is 0 Å². The smallest absolute Gasteiger partial charge is 0.133 e. The predicted molar refractivity (Wildman–Crippen MR) is 74.2 cm³/mol. The van der Waals surface area contributed by atoms with Crippen molar-refractivity contribution in [2.45, 2.75) is 46.7 Å². The summed E-state index contributed by atoms with van der Waals surface area (Å²) in [5, 5.41) is 0. The maximum atomic E-state index is 5.82. The minimum atomic E-state index is 0.481. The van der Waals surface area contributed by atoms with Crippen LogP contribution in [0.3, 0.4) is 0 Å². The first-order valence-corrected chi connectivity index (χ1v) is 6.34. The maximum absolute atomic E-state index is 5.82. The molecule has 17 heavy (non-hydrogen) atoms. The summed E-state index contributed by atoms with van der Waals surface area (Å²) >= 11 is 0. The highest BCUT2D eigenvalue weighted by molar-refractivity contribution is 5.50. The summed E-state index contributed by atoms with van der Waals surface area (Å²) in [6.45, 7) is 9.38. The Labute approximate surface area is 105 Å². The highest BCUT2D eigenvalue weighted by atomic mass is 15.2. The van der Waals surface area contributed by atoms with Crippen LogP contribution in [0.25, 0.3) is 0 Å². The van der Waals surface area contributed by atoms with Gasteiger partial charge in [0.1, 0.15) is 5.82 Å².